The van der Waals surface area contributed by atoms with E-state index in [9.17, 15) is 9.18 Å². The molecule has 0 saturated heterocycles. The fraction of sp³-hybridized carbons (Fsp3) is 0.500. The van der Waals surface area contributed by atoms with Crippen LogP contribution < -0.4 is 5.56 Å². The van der Waals surface area contributed by atoms with Crippen LogP contribution in [-0.4, -0.2) is 16.3 Å². The van der Waals surface area contributed by atoms with Crippen LogP contribution in [0, 0.1) is 11.7 Å². The number of H-pyrrole nitrogens is 2. The fourth-order valence-corrected chi connectivity index (χ4v) is 4.00. The lowest BCUT2D eigenvalue weighted by Gasteiger charge is -2.36. The highest BCUT2D eigenvalue weighted by Gasteiger charge is 2.36. The molecule has 0 unspecified atom stereocenters. The molecule has 1 aliphatic carbocycles. The van der Waals surface area contributed by atoms with E-state index >= 15 is 0 Å². The number of ether oxygens (including phenoxy) is 1. The van der Waals surface area contributed by atoms with Gasteiger partial charge in [0.1, 0.15) is 11.9 Å². The van der Waals surface area contributed by atoms with Crippen LogP contribution in [0.1, 0.15) is 55.0 Å². The summed E-state index contributed by atoms with van der Waals surface area (Å²) in [6, 6.07) is 6.26. The molecule has 4 rings (SSSR count). The summed E-state index contributed by atoms with van der Waals surface area (Å²) in [6.45, 7) is 0. The van der Waals surface area contributed by atoms with E-state index in [4.69, 9.17) is 4.74 Å². The first kappa shape index (κ1) is 14.7. The van der Waals surface area contributed by atoms with Gasteiger partial charge < -0.3 is 9.84 Å². The van der Waals surface area contributed by atoms with Crippen LogP contribution in [0.2, 0.25) is 0 Å². The molecule has 1 aliphatic heterocycles. The van der Waals surface area contributed by atoms with Crippen LogP contribution in [0.5, 0.6) is 0 Å². The van der Waals surface area contributed by atoms with E-state index in [1.54, 1.807) is 12.1 Å². The molecule has 1 fully saturated rings. The van der Waals surface area contributed by atoms with E-state index in [-0.39, 0.29) is 17.5 Å². The Balaban J connectivity index is 1.69. The molecule has 2 aliphatic rings. The summed E-state index contributed by atoms with van der Waals surface area (Å²) in [4.78, 5) is 12.2. The molecule has 1 aromatic heterocycles. The fourth-order valence-electron chi connectivity index (χ4n) is 4.00. The predicted molar refractivity (Wildman–Crippen MR) is 84.8 cm³/mol. The molecule has 5 heteroatoms. The van der Waals surface area contributed by atoms with E-state index < -0.39 is 6.10 Å². The number of fused-ring (bicyclic) bond motifs is 1. The Morgan fingerprint density at radius 3 is 2.52 bits per heavy atom. The van der Waals surface area contributed by atoms with Gasteiger partial charge in [-0.2, -0.15) is 0 Å². The lowest BCUT2D eigenvalue weighted by Crippen LogP contribution is -2.35. The number of halogens is 1. The third-order valence-corrected chi connectivity index (χ3v) is 5.22. The third-order valence-electron chi connectivity index (χ3n) is 5.22. The van der Waals surface area contributed by atoms with Gasteiger partial charge in [-0.15, -0.1) is 0 Å². The number of aromatic nitrogens is 2. The Kier molecular flexibility index (Phi) is 3.81. The van der Waals surface area contributed by atoms with Crippen molar-refractivity contribution in [3.63, 3.8) is 0 Å². The Morgan fingerprint density at radius 1 is 1.04 bits per heavy atom. The van der Waals surface area contributed by atoms with Crippen molar-refractivity contribution >= 4 is 0 Å². The first-order valence-electron chi connectivity index (χ1n) is 8.42. The van der Waals surface area contributed by atoms with Crippen molar-refractivity contribution in [1.29, 1.82) is 0 Å². The molecule has 0 spiro atoms. The summed E-state index contributed by atoms with van der Waals surface area (Å²) in [5, 5.41) is 5.69. The molecule has 2 aromatic rings. The zero-order valence-corrected chi connectivity index (χ0v) is 13.0. The minimum atomic E-state index is -0.415. The van der Waals surface area contributed by atoms with Gasteiger partial charge in [0.15, 0.2) is 0 Å². The van der Waals surface area contributed by atoms with Crippen molar-refractivity contribution in [1.82, 2.24) is 10.2 Å². The Labute approximate surface area is 134 Å². The maximum atomic E-state index is 13.2. The maximum absolute atomic E-state index is 13.2. The van der Waals surface area contributed by atoms with Crippen LogP contribution in [-0.2, 0) is 11.2 Å². The van der Waals surface area contributed by atoms with Crippen LogP contribution in [0.4, 0.5) is 4.39 Å². The van der Waals surface area contributed by atoms with Crippen molar-refractivity contribution in [3.05, 3.63) is 57.3 Å². The largest absolute Gasteiger partial charge is 0.365 e. The number of hydrogen-bond donors (Lipinski definition) is 2. The van der Waals surface area contributed by atoms with E-state index in [0.29, 0.717) is 11.5 Å². The van der Waals surface area contributed by atoms with E-state index in [1.165, 1.54) is 44.2 Å². The van der Waals surface area contributed by atoms with Gasteiger partial charge in [-0.1, -0.05) is 31.4 Å². The molecule has 122 valence electrons. The highest BCUT2D eigenvalue weighted by atomic mass is 19.1. The molecule has 0 radical (unpaired) electrons. The highest BCUT2D eigenvalue weighted by Crippen LogP contribution is 2.38. The number of rotatable bonds is 2. The monoisotopic (exact) mass is 316 g/mol. The Hall–Kier alpha value is -1.88. The Morgan fingerprint density at radius 2 is 1.78 bits per heavy atom. The third kappa shape index (κ3) is 2.74. The molecule has 2 atom stereocenters. The van der Waals surface area contributed by atoms with Gasteiger partial charge >= 0.3 is 0 Å². The summed E-state index contributed by atoms with van der Waals surface area (Å²) >= 11 is 0. The molecular weight excluding hydrogens is 295 g/mol. The SMILES string of the molecule is O=c1[nH][nH]c2c1[C@@H](c1ccc(F)cc1)O[C@H](C1CCCCC1)C2. The van der Waals surface area contributed by atoms with Crippen molar-refractivity contribution in [2.45, 2.75) is 50.7 Å². The van der Waals surface area contributed by atoms with Crippen molar-refractivity contribution in [2.24, 2.45) is 5.92 Å². The second kappa shape index (κ2) is 5.96. The normalized spacial score (nSPS) is 25.3. The van der Waals surface area contributed by atoms with Gasteiger partial charge in [-0.05, 0) is 36.5 Å². The molecule has 2 heterocycles. The second-order valence-electron chi connectivity index (χ2n) is 6.68. The predicted octanol–water partition coefficient (Wildman–Crippen LogP) is 3.45. The molecular formula is C18H21FN2O2. The van der Waals surface area contributed by atoms with E-state index in [2.05, 4.69) is 10.2 Å². The van der Waals surface area contributed by atoms with Gasteiger partial charge in [-0.3, -0.25) is 9.89 Å². The van der Waals surface area contributed by atoms with Crippen molar-refractivity contribution in [3.8, 4) is 0 Å². The molecule has 1 aromatic carbocycles. The molecule has 0 amide bonds. The number of nitrogens with one attached hydrogen (secondary N) is 2. The smallest absolute Gasteiger partial charge is 0.270 e. The molecule has 4 nitrogen and oxygen atoms in total. The van der Waals surface area contributed by atoms with Gasteiger partial charge in [0, 0.05) is 12.1 Å². The minimum absolute atomic E-state index is 0.115. The van der Waals surface area contributed by atoms with Crippen LogP contribution in [0.15, 0.2) is 29.1 Å². The van der Waals surface area contributed by atoms with E-state index in [0.717, 1.165) is 17.7 Å². The lowest BCUT2D eigenvalue weighted by molar-refractivity contribution is -0.0466. The average molecular weight is 316 g/mol. The molecule has 2 N–H and O–H groups in total. The highest BCUT2D eigenvalue weighted by molar-refractivity contribution is 5.33. The number of hydrogen-bond acceptors (Lipinski definition) is 2. The average Bonchev–Trinajstić information content (AvgIpc) is 2.97. The van der Waals surface area contributed by atoms with Crippen molar-refractivity contribution < 1.29 is 9.13 Å². The first-order valence-corrected chi connectivity index (χ1v) is 8.42. The first-order chi connectivity index (χ1) is 11.2. The second-order valence-corrected chi connectivity index (χ2v) is 6.68. The van der Waals surface area contributed by atoms with Crippen LogP contribution >= 0.6 is 0 Å². The van der Waals surface area contributed by atoms with Gasteiger partial charge in [0.05, 0.1) is 11.7 Å². The number of aromatic amines is 2. The minimum Gasteiger partial charge on any atom is -0.365 e. The molecule has 1 saturated carbocycles. The maximum Gasteiger partial charge on any atom is 0.270 e. The molecule has 23 heavy (non-hydrogen) atoms. The summed E-state index contributed by atoms with van der Waals surface area (Å²) < 4.78 is 19.6. The number of benzene rings is 1. The summed E-state index contributed by atoms with van der Waals surface area (Å²) in [5.41, 5.74) is 2.27. The molecule has 0 bridgehead atoms. The topological polar surface area (TPSA) is 57.9 Å². The summed E-state index contributed by atoms with van der Waals surface area (Å²) in [5.74, 6) is 0.259. The quantitative estimate of drug-likeness (QED) is 0.891. The van der Waals surface area contributed by atoms with Crippen molar-refractivity contribution in [2.75, 3.05) is 0 Å². The zero-order valence-electron chi connectivity index (χ0n) is 13.0. The lowest BCUT2D eigenvalue weighted by atomic mass is 9.81. The standard InChI is InChI=1S/C18H21FN2O2/c19-13-8-6-12(7-9-13)17-16-14(20-21-18(16)22)10-15(23-17)11-4-2-1-3-5-11/h6-9,11,15,17H,1-5,10H2,(H2,20,21,22)/t15-,17+/m0/s1. The van der Waals surface area contributed by atoms with E-state index in [1.807, 2.05) is 0 Å². The van der Waals surface area contributed by atoms with Gasteiger partial charge in [0.25, 0.3) is 5.56 Å². The van der Waals surface area contributed by atoms with Crippen LogP contribution in [0.3, 0.4) is 0 Å². The summed E-state index contributed by atoms with van der Waals surface area (Å²) in [6.07, 6.45) is 6.62. The van der Waals surface area contributed by atoms with Gasteiger partial charge in [-0.25, -0.2) is 4.39 Å². The van der Waals surface area contributed by atoms with Crippen LogP contribution in [0.25, 0.3) is 0 Å². The summed E-state index contributed by atoms with van der Waals surface area (Å²) in [7, 11) is 0. The van der Waals surface area contributed by atoms with Gasteiger partial charge in [0.2, 0.25) is 0 Å². The Bertz CT molecular complexity index is 728. The zero-order chi connectivity index (χ0) is 15.8.